The molecule has 1 aromatic rings. The van der Waals surface area contributed by atoms with E-state index < -0.39 is 11.8 Å². The van der Waals surface area contributed by atoms with Crippen molar-refractivity contribution < 1.29 is 23.0 Å². The van der Waals surface area contributed by atoms with Crippen molar-refractivity contribution in [2.24, 2.45) is 0 Å². The Morgan fingerprint density at radius 3 is 2.60 bits per heavy atom. The molecular formula is C13H16F2N2O3. The van der Waals surface area contributed by atoms with E-state index in [0.29, 0.717) is 12.2 Å². The first-order valence-corrected chi connectivity index (χ1v) is 6.20. The number of amides is 1. The van der Waals surface area contributed by atoms with Crippen LogP contribution in [0.25, 0.3) is 0 Å². The predicted octanol–water partition coefficient (Wildman–Crippen LogP) is 2.33. The second kappa shape index (κ2) is 4.90. The summed E-state index contributed by atoms with van der Waals surface area (Å²) in [6.07, 6.45) is -3.66. The Morgan fingerprint density at radius 1 is 1.30 bits per heavy atom. The molecule has 110 valence electrons. The number of carbonyl (C=O) groups excluding carboxylic acids is 1. The lowest BCUT2D eigenvalue weighted by Crippen LogP contribution is -2.49. The van der Waals surface area contributed by atoms with Gasteiger partial charge >= 0.3 is 6.29 Å². The molecule has 0 spiro atoms. The zero-order valence-electron chi connectivity index (χ0n) is 11.4. The van der Waals surface area contributed by atoms with E-state index in [1.54, 1.807) is 13.8 Å². The maximum atomic E-state index is 12.9. The lowest BCUT2D eigenvalue weighted by molar-refractivity contribution is -0.286. The minimum absolute atomic E-state index is 0.0565. The maximum Gasteiger partial charge on any atom is 0.586 e. The van der Waals surface area contributed by atoms with Crippen molar-refractivity contribution in [3.8, 4) is 11.5 Å². The van der Waals surface area contributed by atoms with Crippen LogP contribution < -0.4 is 20.1 Å². The SMILES string of the molecule is CCNC(C)(C)C(=O)Nc1ccc2c(c1)OC(F)(F)O2. The summed E-state index contributed by atoms with van der Waals surface area (Å²) in [6.45, 7) is 5.98. The summed E-state index contributed by atoms with van der Waals surface area (Å²) in [5.74, 6) is -0.432. The number of benzene rings is 1. The van der Waals surface area contributed by atoms with Gasteiger partial charge in [0.25, 0.3) is 0 Å². The Labute approximate surface area is 115 Å². The Morgan fingerprint density at radius 2 is 1.95 bits per heavy atom. The summed E-state index contributed by atoms with van der Waals surface area (Å²) in [5, 5.41) is 5.66. The van der Waals surface area contributed by atoms with E-state index in [2.05, 4.69) is 20.1 Å². The summed E-state index contributed by atoms with van der Waals surface area (Å²) < 4.78 is 34.4. The van der Waals surface area contributed by atoms with E-state index in [0.717, 1.165) is 0 Å². The Kier molecular flexibility index (Phi) is 3.56. The standard InChI is InChI=1S/C13H16F2N2O3/c1-4-16-12(2,3)11(18)17-8-5-6-9-10(7-8)20-13(14,15)19-9/h5-7,16H,4H2,1-3H3,(H,17,18). The van der Waals surface area contributed by atoms with Crippen LogP contribution in [0.1, 0.15) is 20.8 Å². The van der Waals surface area contributed by atoms with Gasteiger partial charge < -0.3 is 20.1 Å². The first-order chi connectivity index (χ1) is 9.23. The molecule has 0 unspecified atom stereocenters. The minimum Gasteiger partial charge on any atom is -0.395 e. The average Bonchev–Trinajstić information content (AvgIpc) is 2.62. The monoisotopic (exact) mass is 286 g/mol. The van der Waals surface area contributed by atoms with Crippen LogP contribution in [0.3, 0.4) is 0 Å². The molecule has 0 saturated carbocycles. The fourth-order valence-electron chi connectivity index (χ4n) is 1.84. The Hall–Kier alpha value is -1.89. The quantitative estimate of drug-likeness (QED) is 0.892. The number of anilines is 1. The molecule has 0 bridgehead atoms. The van der Waals surface area contributed by atoms with Gasteiger partial charge in [-0.1, -0.05) is 6.92 Å². The van der Waals surface area contributed by atoms with Crippen LogP contribution >= 0.6 is 0 Å². The number of ether oxygens (including phenoxy) is 2. The van der Waals surface area contributed by atoms with Crippen molar-refractivity contribution in [2.45, 2.75) is 32.6 Å². The molecule has 2 rings (SSSR count). The van der Waals surface area contributed by atoms with Crippen molar-refractivity contribution in [1.29, 1.82) is 0 Å². The average molecular weight is 286 g/mol. The van der Waals surface area contributed by atoms with Gasteiger partial charge in [0.05, 0.1) is 5.54 Å². The van der Waals surface area contributed by atoms with Crippen molar-refractivity contribution in [2.75, 3.05) is 11.9 Å². The molecule has 20 heavy (non-hydrogen) atoms. The van der Waals surface area contributed by atoms with Crippen LogP contribution in [0.4, 0.5) is 14.5 Å². The number of carbonyl (C=O) groups is 1. The number of likely N-dealkylation sites (N-methyl/N-ethyl adjacent to an activating group) is 1. The zero-order chi connectivity index (χ0) is 15.0. The lowest BCUT2D eigenvalue weighted by Gasteiger charge is -2.24. The van der Waals surface area contributed by atoms with Gasteiger partial charge in [-0.2, -0.15) is 0 Å². The first-order valence-electron chi connectivity index (χ1n) is 6.20. The molecule has 0 radical (unpaired) electrons. The Bertz CT molecular complexity index is 532. The second-order valence-electron chi connectivity index (χ2n) is 4.94. The van der Waals surface area contributed by atoms with Gasteiger partial charge in [0.15, 0.2) is 11.5 Å². The summed E-state index contributed by atoms with van der Waals surface area (Å²) in [6, 6.07) is 4.10. The molecule has 0 saturated heterocycles. The van der Waals surface area contributed by atoms with E-state index in [-0.39, 0.29) is 17.4 Å². The Balaban J connectivity index is 2.11. The van der Waals surface area contributed by atoms with Gasteiger partial charge in [0.1, 0.15) is 0 Å². The van der Waals surface area contributed by atoms with Crippen LogP contribution in [-0.4, -0.2) is 24.3 Å². The second-order valence-corrected chi connectivity index (χ2v) is 4.94. The third-order valence-corrected chi connectivity index (χ3v) is 2.85. The van der Waals surface area contributed by atoms with Gasteiger partial charge in [-0.15, -0.1) is 8.78 Å². The number of fused-ring (bicyclic) bond motifs is 1. The largest absolute Gasteiger partial charge is 0.586 e. The number of hydrogen-bond acceptors (Lipinski definition) is 4. The number of nitrogens with one attached hydrogen (secondary N) is 2. The molecule has 7 heteroatoms. The van der Waals surface area contributed by atoms with Crippen LogP contribution in [0.15, 0.2) is 18.2 Å². The van der Waals surface area contributed by atoms with Gasteiger partial charge in [-0.05, 0) is 32.5 Å². The molecule has 2 N–H and O–H groups in total. The molecule has 0 aliphatic carbocycles. The molecule has 0 atom stereocenters. The normalized spacial score (nSPS) is 16.1. The summed E-state index contributed by atoms with van der Waals surface area (Å²) >= 11 is 0. The first kappa shape index (κ1) is 14.5. The lowest BCUT2D eigenvalue weighted by atomic mass is 10.0. The van der Waals surface area contributed by atoms with Crippen molar-refractivity contribution in [1.82, 2.24) is 5.32 Å². The van der Waals surface area contributed by atoms with E-state index in [1.165, 1.54) is 18.2 Å². The topological polar surface area (TPSA) is 59.6 Å². The highest BCUT2D eigenvalue weighted by atomic mass is 19.3. The van der Waals surface area contributed by atoms with Crippen LogP contribution in [0.5, 0.6) is 11.5 Å². The van der Waals surface area contributed by atoms with Crippen LogP contribution in [0, 0.1) is 0 Å². The highest BCUT2D eigenvalue weighted by Crippen LogP contribution is 2.42. The molecule has 1 aromatic carbocycles. The molecule has 1 aliphatic rings. The fourth-order valence-corrected chi connectivity index (χ4v) is 1.84. The van der Waals surface area contributed by atoms with Crippen molar-refractivity contribution >= 4 is 11.6 Å². The highest BCUT2D eigenvalue weighted by molar-refractivity contribution is 5.97. The van der Waals surface area contributed by atoms with Gasteiger partial charge in [0.2, 0.25) is 5.91 Å². The highest BCUT2D eigenvalue weighted by Gasteiger charge is 2.43. The minimum atomic E-state index is -3.66. The third-order valence-electron chi connectivity index (χ3n) is 2.85. The molecule has 0 aromatic heterocycles. The number of hydrogen-bond donors (Lipinski definition) is 2. The van der Waals surface area contributed by atoms with E-state index in [4.69, 9.17) is 0 Å². The molecule has 5 nitrogen and oxygen atoms in total. The molecule has 0 fully saturated rings. The fraction of sp³-hybridized carbons (Fsp3) is 0.462. The number of rotatable bonds is 4. The summed E-state index contributed by atoms with van der Waals surface area (Å²) in [7, 11) is 0. The van der Waals surface area contributed by atoms with Gasteiger partial charge in [0, 0.05) is 11.8 Å². The van der Waals surface area contributed by atoms with E-state index in [1.807, 2.05) is 6.92 Å². The smallest absolute Gasteiger partial charge is 0.395 e. The van der Waals surface area contributed by atoms with Crippen LogP contribution in [0.2, 0.25) is 0 Å². The summed E-state index contributed by atoms with van der Waals surface area (Å²) in [5.41, 5.74) is -0.407. The van der Waals surface area contributed by atoms with Gasteiger partial charge in [-0.25, -0.2) is 0 Å². The summed E-state index contributed by atoms with van der Waals surface area (Å²) in [4.78, 5) is 12.1. The van der Waals surface area contributed by atoms with E-state index >= 15 is 0 Å². The van der Waals surface area contributed by atoms with Gasteiger partial charge in [-0.3, -0.25) is 4.79 Å². The van der Waals surface area contributed by atoms with E-state index in [9.17, 15) is 13.6 Å². The van der Waals surface area contributed by atoms with Crippen molar-refractivity contribution in [3.05, 3.63) is 18.2 Å². The molecular weight excluding hydrogens is 270 g/mol. The maximum absolute atomic E-state index is 12.9. The third kappa shape index (κ3) is 2.98. The molecule has 1 amide bonds. The van der Waals surface area contributed by atoms with Crippen molar-refractivity contribution in [3.63, 3.8) is 0 Å². The number of halogens is 2. The number of alkyl halides is 2. The molecule has 1 heterocycles. The van der Waals surface area contributed by atoms with Crippen LogP contribution in [-0.2, 0) is 4.79 Å². The molecule has 1 aliphatic heterocycles. The predicted molar refractivity (Wildman–Crippen MR) is 69.0 cm³/mol. The zero-order valence-corrected chi connectivity index (χ0v) is 11.4.